The van der Waals surface area contributed by atoms with E-state index in [-0.39, 0.29) is 12.2 Å². The zero-order valence-electron chi connectivity index (χ0n) is 8.07. The molecule has 0 aliphatic carbocycles. The van der Waals surface area contributed by atoms with E-state index < -0.39 is 11.6 Å². The van der Waals surface area contributed by atoms with Crippen LogP contribution in [-0.4, -0.2) is 17.7 Å². The van der Waals surface area contributed by atoms with E-state index in [4.69, 9.17) is 9.84 Å². The molecule has 0 spiro atoms. The average molecular weight is 210 g/mol. The molecule has 2 rings (SSSR count). The van der Waals surface area contributed by atoms with Gasteiger partial charge in [-0.15, -0.1) is 0 Å². The molecule has 4 heteroatoms. The zero-order valence-corrected chi connectivity index (χ0v) is 8.07. The Morgan fingerprint density at radius 1 is 1.60 bits per heavy atom. The molecule has 1 aromatic carbocycles. The Balaban J connectivity index is 2.29. The molecule has 0 saturated carbocycles. The molecule has 15 heavy (non-hydrogen) atoms. The van der Waals surface area contributed by atoms with Gasteiger partial charge in [0.05, 0.1) is 13.0 Å². The van der Waals surface area contributed by atoms with Gasteiger partial charge >= 0.3 is 5.97 Å². The number of ether oxygens (including phenoxy) is 1. The van der Waals surface area contributed by atoms with Crippen molar-refractivity contribution in [2.75, 3.05) is 6.61 Å². The van der Waals surface area contributed by atoms with Crippen LogP contribution in [0.4, 0.5) is 4.39 Å². The fourth-order valence-corrected chi connectivity index (χ4v) is 1.83. The lowest BCUT2D eigenvalue weighted by molar-refractivity contribution is -0.176. The number of halogens is 1. The van der Waals surface area contributed by atoms with E-state index in [1.807, 2.05) is 0 Å². The van der Waals surface area contributed by atoms with E-state index in [0.717, 1.165) is 0 Å². The molecule has 3 nitrogen and oxygen atoms in total. The SMILES string of the molecule is O=C(O)CC1(c2cccc(F)c2)CCO1. The van der Waals surface area contributed by atoms with Crippen molar-refractivity contribution in [1.82, 2.24) is 0 Å². The first-order valence-electron chi connectivity index (χ1n) is 4.74. The van der Waals surface area contributed by atoms with Crippen molar-refractivity contribution < 1.29 is 19.0 Å². The molecule has 1 aliphatic heterocycles. The Morgan fingerprint density at radius 3 is 2.80 bits per heavy atom. The van der Waals surface area contributed by atoms with E-state index in [2.05, 4.69) is 0 Å². The van der Waals surface area contributed by atoms with Crippen LogP contribution in [0.15, 0.2) is 24.3 Å². The molecule has 1 fully saturated rings. The van der Waals surface area contributed by atoms with Crippen molar-refractivity contribution in [2.45, 2.75) is 18.4 Å². The highest BCUT2D eigenvalue weighted by Crippen LogP contribution is 2.40. The van der Waals surface area contributed by atoms with Gasteiger partial charge in [-0.25, -0.2) is 4.39 Å². The van der Waals surface area contributed by atoms with E-state index >= 15 is 0 Å². The van der Waals surface area contributed by atoms with Crippen LogP contribution >= 0.6 is 0 Å². The lowest BCUT2D eigenvalue weighted by atomic mass is 9.83. The van der Waals surface area contributed by atoms with E-state index in [1.54, 1.807) is 12.1 Å². The third-order valence-corrected chi connectivity index (χ3v) is 2.67. The van der Waals surface area contributed by atoms with Crippen molar-refractivity contribution in [3.05, 3.63) is 35.6 Å². The highest BCUT2D eigenvalue weighted by Gasteiger charge is 2.42. The molecule has 1 heterocycles. The molecular weight excluding hydrogens is 199 g/mol. The Bertz CT molecular complexity index is 385. The Kier molecular flexibility index (Phi) is 2.44. The highest BCUT2D eigenvalue weighted by molar-refractivity contribution is 5.69. The molecule has 1 saturated heterocycles. The van der Waals surface area contributed by atoms with Gasteiger partial charge in [0, 0.05) is 6.42 Å². The largest absolute Gasteiger partial charge is 0.481 e. The molecule has 1 aromatic rings. The maximum absolute atomic E-state index is 13.0. The lowest BCUT2D eigenvalue weighted by Gasteiger charge is -2.41. The van der Waals surface area contributed by atoms with Crippen molar-refractivity contribution in [3.8, 4) is 0 Å². The first-order valence-corrected chi connectivity index (χ1v) is 4.74. The van der Waals surface area contributed by atoms with Crippen LogP contribution in [0.2, 0.25) is 0 Å². The van der Waals surface area contributed by atoms with E-state index in [1.165, 1.54) is 12.1 Å². The van der Waals surface area contributed by atoms with Gasteiger partial charge in [0.15, 0.2) is 0 Å². The highest BCUT2D eigenvalue weighted by atomic mass is 19.1. The van der Waals surface area contributed by atoms with Crippen LogP contribution in [0.1, 0.15) is 18.4 Å². The van der Waals surface area contributed by atoms with Crippen LogP contribution in [0, 0.1) is 5.82 Å². The van der Waals surface area contributed by atoms with E-state index in [9.17, 15) is 9.18 Å². The maximum Gasteiger partial charge on any atom is 0.306 e. The Labute approximate surface area is 86.5 Å². The molecule has 1 N–H and O–H groups in total. The fourth-order valence-electron chi connectivity index (χ4n) is 1.83. The minimum Gasteiger partial charge on any atom is -0.481 e. The summed E-state index contributed by atoms with van der Waals surface area (Å²) in [6.45, 7) is 0.532. The summed E-state index contributed by atoms with van der Waals surface area (Å²) in [6, 6.07) is 5.93. The summed E-state index contributed by atoms with van der Waals surface area (Å²) in [7, 11) is 0. The van der Waals surface area contributed by atoms with Crippen LogP contribution in [-0.2, 0) is 15.1 Å². The van der Waals surface area contributed by atoms with Crippen molar-refractivity contribution in [2.24, 2.45) is 0 Å². The Hall–Kier alpha value is -1.42. The van der Waals surface area contributed by atoms with E-state index in [0.29, 0.717) is 18.6 Å². The van der Waals surface area contributed by atoms with Gasteiger partial charge in [0.1, 0.15) is 11.4 Å². The first kappa shape index (κ1) is 10.1. The normalized spacial score (nSPS) is 24.6. The summed E-state index contributed by atoms with van der Waals surface area (Å²) in [4.78, 5) is 10.7. The molecule has 0 bridgehead atoms. The van der Waals surface area contributed by atoms with Gasteiger partial charge in [-0.2, -0.15) is 0 Å². The molecular formula is C11H11FO3. The quantitative estimate of drug-likeness (QED) is 0.829. The summed E-state index contributed by atoms with van der Waals surface area (Å²) < 4.78 is 18.3. The number of aliphatic carboxylic acids is 1. The van der Waals surface area contributed by atoms with Crippen molar-refractivity contribution in [3.63, 3.8) is 0 Å². The summed E-state index contributed by atoms with van der Waals surface area (Å²) in [5.74, 6) is -1.30. The van der Waals surface area contributed by atoms with Gasteiger partial charge in [0.2, 0.25) is 0 Å². The standard InChI is InChI=1S/C11H11FO3/c12-9-3-1-2-8(6-9)11(4-5-15-11)7-10(13)14/h1-3,6H,4-5,7H2,(H,13,14). The molecule has 0 amide bonds. The minimum atomic E-state index is -0.932. The molecule has 80 valence electrons. The van der Waals surface area contributed by atoms with Gasteiger partial charge < -0.3 is 9.84 Å². The number of carbonyl (C=O) groups is 1. The second kappa shape index (κ2) is 3.62. The fraction of sp³-hybridized carbons (Fsp3) is 0.364. The van der Waals surface area contributed by atoms with Gasteiger partial charge in [-0.05, 0) is 17.7 Å². The van der Waals surface area contributed by atoms with Crippen molar-refractivity contribution in [1.29, 1.82) is 0 Å². The maximum atomic E-state index is 13.0. The number of carboxylic acid groups (broad SMARTS) is 1. The summed E-state index contributed by atoms with van der Waals surface area (Å²) in [5, 5.41) is 8.77. The molecule has 1 aliphatic rings. The zero-order chi connectivity index (χ0) is 10.9. The summed E-state index contributed by atoms with van der Waals surface area (Å²) >= 11 is 0. The van der Waals surface area contributed by atoms with Gasteiger partial charge in [-0.1, -0.05) is 12.1 Å². The third-order valence-electron chi connectivity index (χ3n) is 2.67. The Morgan fingerprint density at radius 2 is 2.33 bits per heavy atom. The second-order valence-corrected chi connectivity index (χ2v) is 3.67. The topological polar surface area (TPSA) is 46.5 Å². The number of carboxylic acids is 1. The molecule has 0 radical (unpaired) electrons. The lowest BCUT2D eigenvalue weighted by Crippen LogP contribution is -2.42. The van der Waals surface area contributed by atoms with Gasteiger partial charge in [0.25, 0.3) is 0 Å². The second-order valence-electron chi connectivity index (χ2n) is 3.67. The molecule has 1 unspecified atom stereocenters. The van der Waals surface area contributed by atoms with Crippen LogP contribution in [0.5, 0.6) is 0 Å². The number of hydrogen-bond donors (Lipinski definition) is 1. The van der Waals surface area contributed by atoms with Crippen LogP contribution < -0.4 is 0 Å². The predicted molar refractivity (Wildman–Crippen MR) is 50.9 cm³/mol. The predicted octanol–water partition coefficient (Wildman–Crippen LogP) is 1.92. The van der Waals surface area contributed by atoms with Crippen molar-refractivity contribution >= 4 is 5.97 Å². The molecule has 0 aromatic heterocycles. The monoisotopic (exact) mass is 210 g/mol. The number of benzene rings is 1. The van der Waals surface area contributed by atoms with Gasteiger partial charge in [-0.3, -0.25) is 4.79 Å². The number of rotatable bonds is 3. The smallest absolute Gasteiger partial charge is 0.306 e. The van der Waals surface area contributed by atoms with Crippen LogP contribution in [0.25, 0.3) is 0 Å². The third kappa shape index (κ3) is 1.85. The molecule has 1 atom stereocenters. The summed E-state index contributed by atoms with van der Waals surface area (Å²) in [6.07, 6.45) is 0.513. The average Bonchev–Trinajstić information content (AvgIpc) is 2.11. The number of hydrogen-bond acceptors (Lipinski definition) is 2. The summed E-state index contributed by atoms with van der Waals surface area (Å²) in [5.41, 5.74) is -0.204. The minimum absolute atomic E-state index is 0.115. The first-order chi connectivity index (χ1) is 7.12. The van der Waals surface area contributed by atoms with Crippen LogP contribution in [0.3, 0.4) is 0 Å².